The quantitative estimate of drug-likeness (QED) is 0.505. The Hall–Kier alpha value is -2.11. The van der Waals surface area contributed by atoms with E-state index in [0.29, 0.717) is 0 Å². The first-order chi connectivity index (χ1) is 10.8. The van der Waals surface area contributed by atoms with E-state index < -0.39 is 0 Å². The van der Waals surface area contributed by atoms with Crippen LogP contribution in [-0.4, -0.2) is 9.38 Å². The second-order valence-corrected chi connectivity index (χ2v) is 6.68. The first-order valence-corrected chi connectivity index (χ1v) is 8.45. The average molecular weight is 326 g/mol. The molecular weight excluding hydrogens is 315 g/mol. The topological polar surface area (TPSA) is 17.3 Å². The average Bonchev–Trinajstić information content (AvgIpc) is 3.11. The van der Waals surface area contributed by atoms with E-state index >= 15 is 0 Å². The van der Waals surface area contributed by atoms with Crippen molar-refractivity contribution in [1.29, 1.82) is 0 Å². The van der Waals surface area contributed by atoms with E-state index in [4.69, 9.17) is 4.98 Å². The first-order valence-electron chi connectivity index (χ1n) is 6.76. The molecule has 0 fully saturated rings. The van der Waals surface area contributed by atoms with Gasteiger partial charge in [-0.05, 0) is 18.2 Å². The lowest BCUT2D eigenvalue weighted by Gasteiger charge is -2.04. The Morgan fingerprint density at radius 1 is 1.05 bits per heavy atom. The molecule has 0 bridgehead atoms. The van der Waals surface area contributed by atoms with Crippen LogP contribution in [0.15, 0.2) is 76.1 Å². The zero-order valence-electron chi connectivity index (χ0n) is 11.4. The van der Waals surface area contributed by atoms with Gasteiger partial charge in [-0.3, -0.25) is 4.40 Å². The Kier molecular flexibility index (Phi) is 3.44. The summed E-state index contributed by atoms with van der Waals surface area (Å²) < 4.78 is 15.5. The highest BCUT2D eigenvalue weighted by molar-refractivity contribution is 7.99. The minimum absolute atomic E-state index is 0.225. The van der Waals surface area contributed by atoms with E-state index in [-0.39, 0.29) is 5.82 Å². The molecule has 0 aliphatic carbocycles. The Labute approximate surface area is 135 Å². The molecule has 4 rings (SSSR count). The predicted molar refractivity (Wildman–Crippen MR) is 89.0 cm³/mol. The Balaban J connectivity index is 1.86. The molecule has 0 unspecified atom stereocenters. The molecule has 0 spiro atoms. The lowest BCUT2D eigenvalue weighted by molar-refractivity contribution is 0.624. The van der Waals surface area contributed by atoms with Crippen molar-refractivity contribution in [3.05, 3.63) is 72.0 Å². The maximum absolute atomic E-state index is 13.4. The molecule has 2 aromatic carbocycles. The molecule has 0 radical (unpaired) electrons. The summed E-state index contributed by atoms with van der Waals surface area (Å²) in [7, 11) is 0. The molecule has 5 heteroatoms. The zero-order chi connectivity index (χ0) is 14.9. The lowest BCUT2D eigenvalue weighted by atomic mass is 10.2. The Bertz CT molecular complexity index is 928. The Morgan fingerprint density at radius 2 is 1.91 bits per heavy atom. The molecule has 0 atom stereocenters. The Morgan fingerprint density at radius 3 is 2.73 bits per heavy atom. The second kappa shape index (κ2) is 5.59. The highest BCUT2D eigenvalue weighted by Crippen LogP contribution is 2.37. The first kappa shape index (κ1) is 13.5. The SMILES string of the molecule is Fc1cccc(Sc2c(-c3ccccc3)nc3sccn23)c1. The van der Waals surface area contributed by atoms with Gasteiger partial charge in [-0.2, -0.15) is 0 Å². The van der Waals surface area contributed by atoms with Crippen LogP contribution in [0.5, 0.6) is 0 Å². The number of nitrogens with zero attached hydrogens (tertiary/aromatic N) is 2. The van der Waals surface area contributed by atoms with Crippen LogP contribution in [0.1, 0.15) is 0 Å². The fourth-order valence-electron chi connectivity index (χ4n) is 2.29. The van der Waals surface area contributed by atoms with Gasteiger partial charge in [-0.1, -0.05) is 48.2 Å². The van der Waals surface area contributed by atoms with E-state index in [1.165, 1.54) is 17.8 Å². The highest BCUT2D eigenvalue weighted by Gasteiger charge is 2.16. The van der Waals surface area contributed by atoms with Crippen LogP contribution in [0.3, 0.4) is 0 Å². The van der Waals surface area contributed by atoms with Gasteiger partial charge in [-0.25, -0.2) is 9.37 Å². The molecule has 108 valence electrons. The van der Waals surface area contributed by atoms with Gasteiger partial charge < -0.3 is 0 Å². The summed E-state index contributed by atoms with van der Waals surface area (Å²) in [5.41, 5.74) is 2.00. The molecule has 2 nitrogen and oxygen atoms in total. The fourth-order valence-corrected chi connectivity index (χ4v) is 4.11. The molecule has 4 aromatic rings. The maximum Gasteiger partial charge on any atom is 0.195 e. The van der Waals surface area contributed by atoms with Crippen molar-refractivity contribution in [2.75, 3.05) is 0 Å². The molecule has 0 saturated heterocycles. The van der Waals surface area contributed by atoms with Gasteiger partial charge >= 0.3 is 0 Å². The van der Waals surface area contributed by atoms with Crippen molar-refractivity contribution in [3.63, 3.8) is 0 Å². The molecule has 0 N–H and O–H groups in total. The largest absolute Gasteiger partial charge is 0.284 e. The molecule has 22 heavy (non-hydrogen) atoms. The number of thiazole rings is 1. The van der Waals surface area contributed by atoms with Crippen LogP contribution >= 0.6 is 23.1 Å². The molecule has 0 aliphatic rings. The van der Waals surface area contributed by atoms with Crippen LogP contribution in [-0.2, 0) is 0 Å². The number of rotatable bonds is 3. The van der Waals surface area contributed by atoms with E-state index in [1.807, 2.05) is 48.0 Å². The molecule has 2 heterocycles. The van der Waals surface area contributed by atoms with Crippen LogP contribution in [0.4, 0.5) is 4.39 Å². The highest BCUT2D eigenvalue weighted by atomic mass is 32.2. The minimum Gasteiger partial charge on any atom is -0.284 e. The standard InChI is InChI=1S/C17H11FN2S2/c18-13-7-4-8-14(11-13)22-16-15(12-5-2-1-3-6-12)19-17-20(16)9-10-21-17/h1-11H. The van der Waals surface area contributed by atoms with Crippen LogP contribution in [0, 0.1) is 5.82 Å². The molecule has 0 saturated carbocycles. The zero-order valence-corrected chi connectivity index (χ0v) is 13.1. The fraction of sp³-hybridized carbons (Fsp3) is 0. The summed E-state index contributed by atoms with van der Waals surface area (Å²) in [6.45, 7) is 0. The van der Waals surface area contributed by atoms with Gasteiger partial charge in [0.2, 0.25) is 0 Å². The van der Waals surface area contributed by atoms with E-state index in [0.717, 1.165) is 26.1 Å². The van der Waals surface area contributed by atoms with Crippen molar-refractivity contribution in [2.45, 2.75) is 9.92 Å². The van der Waals surface area contributed by atoms with Gasteiger partial charge in [0.1, 0.15) is 16.5 Å². The number of benzene rings is 2. The van der Waals surface area contributed by atoms with Gasteiger partial charge in [0.25, 0.3) is 0 Å². The normalized spacial score (nSPS) is 11.1. The van der Waals surface area contributed by atoms with Crippen molar-refractivity contribution in [3.8, 4) is 11.3 Å². The van der Waals surface area contributed by atoms with Gasteiger partial charge in [0.05, 0.1) is 0 Å². The maximum atomic E-state index is 13.4. The van der Waals surface area contributed by atoms with E-state index in [2.05, 4.69) is 4.40 Å². The van der Waals surface area contributed by atoms with Gasteiger partial charge in [0, 0.05) is 22.0 Å². The van der Waals surface area contributed by atoms with Gasteiger partial charge in [-0.15, -0.1) is 11.3 Å². The summed E-state index contributed by atoms with van der Waals surface area (Å²) >= 11 is 3.13. The third-order valence-corrected chi connectivity index (χ3v) is 5.11. The summed E-state index contributed by atoms with van der Waals surface area (Å²) in [4.78, 5) is 6.54. The third-order valence-electron chi connectivity index (χ3n) is 3.28. The van der Waals surface area contributed by atoms with Crippen LogP contribution in [0.2, 0.25) is 0 Å². The number of hydrogen-bond donors (Lipinski definition) is 0. The summed E-state index contributed by atoms with van der Waals surface area (Å²) in [5, 5.41) is 3.01. The summed E-state index contributed by atoms with van der Waals surface area (Å²) in [6, 6.07) is 16.7. The van der Waals surface area contributed by atoms with Crippen molar-refractivity contribution in [2.24, 2.45) is 0 Å². The monoisotopic (exact) mass is 326 g/mol. The molecular formula is C17H11FN2S2. The third kappa shape index (κ3) is 2.42. The molecule has 0 aliphatic heterocycles. The van der Waals surface area contributed by atoms with Gasteiger partial charge in [0.15, 0.2) is 4.96 Å². The van der Waals surface area contributed by atoms with Crippen LogP contribution in [0.25, 0.3) is 16.2 Å². The summed E-state index contributed by atoms with van der Waals surface area (Å²) in [6.07, 6.45) is 2.00. The van der Waals surface area contributed by atoms with E-state index in [9.17, 15) is 4.39 Å². The van der Waals surface area contributed by atoms with Crippen LogP contribution < -0.4 is 0 Å². The molecule has 2 aromatic heterocycles. The summed E-state index contributed by atoms with van der Waals surface area (Å²) in [5.74, 6) is -0.225. The smallest absolute Gasteiger partial charge is 0.195 e. The number of hydrogen-bond acceptors (Lipinski definition) is 3. The van der Waals surface area contributed by atoms with Crippen molar-refractivity contribution in [1.82, 2.24) is 9.38 Å². The van der Waals surface area contributed by atoms with E-state index in [1.54, 1.807) is 23.5 Å². The number of fused-ring (bicyclic) bond motifs is 1. The molecule has 0 amide bonds. The number of imidazole rings is 1. The lowest BCUT2D eigenvalue weighted by Crippen LogP contribution is -1.85. The van der Waals surface area contributed by atoms with Crippen molar-refractivity contribution >= 4 is 28.1 Å². The number of aromatic nitrogens is 2. The number of halogens is 1. The van der Waals surface area contributed by atoms with Crippen molar-refractivity contribution < 1.29 is 4.39 Å². The second-order valence-electron chi connectivity index (χ2n) is 4.75. The minimum atomic E-state index is -0.225. The predicted octanol–water partition coefficient (Wildman–Crippen LogP) is 5.35.